The molecule has 0 aromatic heterocycles. The molecule has 86 valence electrons. The highest BCUT2D eigenvalue weighted by molar-refractivity contribution is 7.46. The maximum atomic E-state index is 10.3. The molecule has 0 bridgehead atoms. The zero-order valence-corrected chi connectivity index (χ0v) is 10.4. The van der Waals surface area contributed by atoms with E-state index in [0.29, 0.717) is 18.7 Å². The van der Waals surface area contributed by atoms with Crippen LogP contribution in [-0.4, -0.2) is 33.0 Å². The third kappa shape index (κ3) is 8.30. The number of alkyl halides is 3. The van der Waals surface area contributed by atoms with Gasteiger partial charge in [0.2, 0.25) is 0 Å². The number of phosphoric ester groups is 1. The first-order valence-corrected chi connectivity index (χ1v) is 6.85. The van der Waals surface area contributed by atoms with Gasteiger partial charge in [-0.3, -0.25) is 4.52 Å². The van der Waals surface area contributed by atoms with Crippen molar-refractivity contribution in [3.63, 3.8) is 0 Å². The molecule has 2 unspecified atom stereocenters. The van der Waals surface area contributed by atoms with Crippen LogP contribution in [0.5, 0.6) is 0 Å². The Balaban J connectivity index is 3.72. The van der Waals surface area contributed by atoms with Gasteiger partial charge in [0, 0.05) is 5.88 Å². The van der Waals surface area contributed by atoms with Gasteiger partial charge < -0.3 is 9.79 Å². The lowest BCUT2D eigenvalue weighted by Gasteiger charge is -2.15. The number of hydrogen-bond donors (Lipinski definition) is 2. The highest BCUT2D eigenvalue weighted by Crippen LogP contribution is 2.36. The molecule has 0 radical (unpaired) electrons. The standard InChI is InChI=1S/C6H12Cl3O4P/c7-3-1-2-5(8)6(9)4-13-14(10,11)12/h5-6H,1-4H2,(H2,10,11,12). The lowest BCUT2D eigenvalue weighted by molar-refractivity contribution is 0.195. The van der Waals surface area contributed by atoms with E-state index in [0.717, 1.165) is 0 Å². The average molecular weight is 285 g/mol. The summed E-state index contributed by atoms with van der Waals surface area (Å²) in [5, 5.41) is -1.03. The van der Waals surface area contributed by atoms with E-state index < -0.39 is 18.6 Å². The fraction of sp³-hybridized carbons (Fsp3) is 1.00. The summed E-state index contributed by atoms with van der Waals surface area (Å²) in [6.45, 7) is -0.276. The molecule has 0 spiro atoms. The fourth-order valence-corrected chi connectivity index (χ4v) is 1.74. The summed E-state index contributed by atoms with van der Waals surface area (Å²) in [5.74, 6) is 0.478. The third-order valence-electron chi connectivity index (χ3n) is 1.41. The normalized spacial score (nSPS) is 16.6. The molecule has 0 aliphatic carbocycles. The molecular formula is C6H12Cl3O4P. The number of phosphoric acid groups is 1. The monoisotopic (exact) mass is 284 g/mol. The predicted octanol–water partition coefficient (Wildman–Crippen LogP) is 2.33. The van der Waals surface area contributed by atoms with Crippen molar-refractivity contribution in [1.82, 2.24) is 0 Å². The van der Waals surface area contributed by atoms with Crippen LogP contribution in [0, 0.1) is 0 Å². The van der Waals surface area contributed by atoms with Gasteiger partial charge in [0.05, 0.1) is 17.4 Å². The molecule has 14 heavy (non-hydrogen) atoms. The van der Waals surface area contributed by atoms with Gasteiger partial charge in [-0.1, -0.05) is 0 Å². The van der Waals surface area contributed by atoms with E-state index in [9.17, 15) is 4.57 Å². The minimum absolute atomic E-state index is 0.276. The van der Waals surface area contributed by atoms with Gasteiger partial charge >= 0.3 is 7.82 Å². The first kappa shape index (κ1) is 15.0. The van der Waals surface area contributed by atoms with Crippen molar-refractivity contribution in [3.05, 3.63) is 0 Å². The Hall–Kier alpha value is 0.980. The van der Waals surface area contributed by atoms with Crippen molar-refractivity contribution in [2.24, 2.45) is 0 Å². The molecule has 0 aliphatic heterocycles. The Bertz CT molecular complexity index is 198. The van der Waals surface area contributed by atoms with Crippen LogP contribution >= 0.6 is 42.6 Å². The van der Waals surface area contributed by atoms with Crippen LogP contribution in [0.15, 0.2) is 0 Å². The maximum absolute atomic E-state index is 10.3. The molecule has 4 nitrogen and oxygen atoms in total. The minimum Gasteiger partial charge on any atom is -0.303 e. The minimum atomic E-state index is -4.45. The van der Waals surface area contributed by atoms with Gasteiger partial charge in [0.1, 0.15) is 0 Å². The molecule has 0 saturated heterocycles. The van der Waals surface area contributed by atoms with Crippen LogP contribution in [-0.2, 0) is 9.09 Å². The van der Waals surface area contributed by atoms with Crippen LogP contribution < -0.4 is 0 Å². The van der Waals surface area contributed by atoms with E-state index in [1.54, 1.807) is 0 Å². The molecule has 0 aromatic rings. The van der Waals surface area contributed by atoms with Gasteiger partial charge in [0.25, 0.3) is 0 Å². The summed E-state index contributed by atoms with van der Waals surface area (Å²) < 4.78 is 14.5. The van der Waals surface area contributed by atoms with Crippen molar-refractivity contribution >= 4 is 42.6 Å². The second-order valence-corrected chi connectivity index (χ2v) is 5.39. The molecule has 0 heterocycles. The van der Waals surface area contributed by atoms with Crippen molar-refractivity contribution in [2.75, 3.05) is 12.5 Å². The quantitative estimate of drug-likeness (QED) is 0.556. The van der Waals surface area contributed by atoms with Gasteiger partial charge in [-0.2, -0.15) is 0 Å². The van der Waals surface area contributed by atoms with Gasteiger partial charge in [0.15, 0.2) is 0 Å². The van der Waals surface area contributed by atoms with Gasteiger partial charge in [-0.05, 0) is 12.8 Å². The van der Waals surface area contributed by atoms with E-state index in [2.05, 4.69) is 4.52 Å². The molecule has 8 heteroatoms. The van der Waals surface area contributed by atoms with Gasteiger partial charge in [-0.15, -0.1) is 34.8 Å². The maximum Gasteiger partial charge on any atom is 0.469 e. The Labute approximate surface area is 97.7 Å². The lowest BCUT2D eigenvalue weighted by Crippen LogP contribution is -2.20. The number of hydrogen-bond acceptors (Lipinski definition) is 2. The summed E-state index contributed by atoms with van der Waals surface area (Å²) in [7, 11) is -4.45. The topological polar surface area (TPSA) is 66.8 Å². The summed E-state index contributed by atoms with van der Waals surface area (Å²) in [4.78, 5) is 16.8. The molecule has 0 saturated carbocycles. The number of halogens is 3. The van der Waals surface area contributed by atoms with Crippen LogP contribution in [0.4, 0.5) is 0 Å². The lowest BCUT2D eigenvalue weighted by atomic mass is 10.2. The molecule has 0 rings (SSSR count). The van der Waals surface area contributed by atoms with E-state index in [1.165, 1.54) is 0 Å². The third-order valence-corrected chi connectivity index (χ3v) is 3.24. The zero-order valence-electron chi connectivity index (χ0n) is 7.28. The largest absolute Gasteiger partial charge is 0.469 e. The van der Waals surface area contributed by atoms with Crippen LogP contribution in [0.2, 0.25) is 0 Å². The molecule has 2 atom stereocenters. The second kappa shape index (κ2) is 7.29. The van der Waals surface area contributed by atoms with Crippen LogP contribution in [0.3, 0.4) is 0 Å². The van der Waals surface area contributed by atoms with E-state index in [1.807, 2.05) is 0 Å². The average Bonchev–Trinajstić information content (AvgIpc) is 2.09. The van der Waals surface area contributed by atoms with Crippen molar-refractivity contribution in [3.8, 4) is 0 Å². The SMILES string of the molecule is O=P(O)(O)OCC(Cl)C(Cl)CCCCl. The van der Waals surface area contributed by atoms with Crippen LogP contribution in [0.1, 0.15) is 12.8 Å². The Morgan fingerprint density at radius 1 is 1.29 bits per heavy atom. The van der Waals surface area contributed by atoms with E-state index in [4.69, 9.17) is 44.6 Å². The van der Waals surface area contributed by atoms with Crippen molar-refractivity contribution in [2.45, 2.75) is 23.6 Å². The predicted molar refractivity (Wildman–Crippen MR) is 57.2 cm³/mol. The summed E-state index contributed by atoms with van der Waals surface area (Å²) in [6.07, 6.45) is 1.29. The molecular weight excluding hydrogens is 273 g/mol. The fourth-order valence-electron chi connectivity index (χ4n) is 0.726. The summed E-state index contributed by atoms with van der Waals surface area (Å²) in [6, 6.07) is 0. The Morgan fingerprint density at radius 2 is 1.86 bits per heavy atom. The highest BCUT2D eigenvalue weighted by Gasteiger charge is 2.21. The number of rotatable bonds is 7. The first-order chi connectivity index (χ1) is 6.37. The molecule has 0 aromatic carbocycles. The van der Waals surface area contributed by atoms with Gasteiger partial charge in [-0.25, -0.2) is 4.57 Å². The highest BCUT2D eigenvalue weighted by atomic mass is 35.5. The Kier molecular flexibility index (Phi) is 7.80. The first-order valence-electron chi connectivity index (χ1n) is 3.91. The smallest absolute Gasteiger partial charge is 0.303 e. The van der Waals surface area contributed by atoms with Crippen molar-refractivity contribution in [1.29, 1.82) is 0 Å². The van der Waals surface area contributed by atoms with E-state index >= 15 is 0 Å². The molecule has 0 amide bonds. The summed E-state index contributed by atoms with van der Waals surface area (Å²) >= 11 is 17.0. The Morgan fingerprint density at radius 3 is 2.29 bits per heavy atom. The van der Waals surface area contributed by atoms with Crippen molar-refractivity contribution < 1.29 is 18.9 Å². The molecule has 2 N–H and O–H groups in total. The molecule has 0 aliphatic rings. The van der Waals surface area contributed by atoms with E-state index in [-0.39, 0.29) is 6.61 Å². The summed E-state index contributed by atoms with van der Waals surface area (Å²) in [5.41, 5.74) is 0. The zero-order chi connectivity index (χ0) is 11.2. The second-order valence-electron chi connectivity index (χ2n) is 2.65. The molecule has 0 fully saturated rings. The van der Waals surface area contributed by atoms with Crippen LogP contribution in [0.25, 0.3) is 0 Å².